The van der Waals surface area contributed by atoms with Gasteiger partial charge in [0.2, 0.25) is 0 Å². The van der Waals surface area contributed by atoms with Gasteiger partial charge in [0.1, 0.15) is 5.69 Å². The number of anilines is 1. The molecule has 0 saturated heterocycles. The summed E-state index contributed by atoms with van der Waals surface area (Å²) in [5, 5.41) is 4.78. The minimum absolute atomic E-state index is 0.0253. The lowest BCUT2D eigenvalue weighted by molar-refractivity contribution is -0.116. The summed E-state index contributed by atoms with van der Waals surface area (Å²) in [7, 11) is 0. The molecule has 0 saturated carbocycles. The molecule has 3 rings (SSSR count). The first-order valence-electron chi connectivity index (χ1n) is 6.16. The average molecular weight is 290 g/mol. The molecule has 0 spiro atoms. The van der Waals surface area contributed by atoms with Crippen molar-refractivity contribution in [2.45, 2.75) is 6.42 Å². The largest absolute Gasteiger partial charge is 0.272 e. The number of benzene rings is 2. The highest BCUT2D eigenvalue weighted by atomic mass is 19.2. The van der Waals surface area contributed by atoms with Crippen LogP contribution in [-0.4, -0.2) is 11.6 Å². The SMILES string of the molecule is O=C1CC(c2ccccc2)=NN1c1cc(F)c(F)cc1F. The normalized spacial score (nSPS) is 14.5. The number of hydrogen-bond donors (Lipinski definition) is 0. The molecule has 0 aliphatic carbocycles. The van der Waals surface area contributed by atoms with Crippen LogP contribution < -0.4 is 5.01 Å². The summed E-state index contributed by atoms with van der Waals surface area (Å²) in [6, 6.07) is 9.92. The summed E-state index contributed by atoms with van der Waals surface area (Å²) in [6.45, 7) is 0. The second kappa shape index (κ2) is 5.05. The Hall–Kier alpha value is -2.63. The van der Waals surface area contributed by atoms with Crippen LogP contribution in [0, 0.1) is 17.5 Å². The quantitative estimate of drug-likeness (QED) is 0.781. The maximum Gasteiger partial charge on any atom is 0.253 e. The van der Waals surface area contributed by atoms with Crippen molar-refractivity contribution in [2.75, 3.05) is 5.01 Å². The van der Waals surface area contributed by atoms with Gasteiger partial charge in [0.15, 0.2) is 17.5 Å². The molecule has 6 heteroatoms. The molecular formula is C15H9F3N2O. The smallest absolute Gasteiger partial charge is 0.253 e. The average Bonchev–Trinajstić information content (AvgIpc) is 2.86. The van der Waals surface area contributed by atoms with Crippen LogP contribution >= 0.6 is 0 Å². The minimum atomic E-state index is -1.31. The molecule has 0 radical (unpaired) electrons. The van der Waals surface area contributed by atoms with Gasteiger partial charge in [0.05, 0.1) is 12.1 Å². The van der Waals surface area contributed by atoms with E-state index in [0.717, 1.165) is 10.6 Å². The second-order valence-corrected chi connectivity index (χ2v) is 4.51. The predicted molar refractivity (Wildman–Crippen MR) is 71.4 cm³/mol. The van der Waals surface area contributed by atoms with Gasteiger partial charge in [0, 0.05) is 12.1 Å². The van der Waals surface area contributed by atoms with E-state index in [2.05, 4.69) is 5.10 Å². The molecule has 0 aromatic heterocycles. The molecule has 0 atom stereocenters. The van der Waals surface area contributed by atoms with Crippen molar-refractivity contribution in [1.29, 1.82) is 0 Å². The Bertz CT molecular complexity index is 744. The fraction of sp³-hybridized carbons (Fsp3) is 0.0667. The van der Waals surface area contributed by atoms with Crippen LogP contribution in [0.4, 0.5) is 18.9 Å². The molecule has 2 aromatic carbocycles. The zero-order valence-electron chi connectivity index (χ0n) is 10.7. The zero-order chi connectivity index (χ0) is 15.0. The maximum atomic E-state index is 13.7. The first kappa shape index (κ1) is 13.4. The molecule has 1 heterocycles. The molecule has 21 heavy (non-hydrogen) atoms. The molecule has 2 aromatic rings. The van der Waals surface area contributed by atoms with Gasteiger partial charge in [-0.15, -0.1) is 0 Å². The zero-order valence-corrected chi connectivity index (χ0v) is 10.7. The van der Waals surface area contributed by atoms with Gasteiger partial charge >= 0.3 is 0 Å². The topological polar surface area (TPSA) is 32.7 Å². The van der Waals surface area contributed by atoms with Gasteiger partial charge in [-0.25, -0.2) is 13.2 Å². The van der Waals surface area contributed by atoms with E-state index < -0.39 is 29.0 Å². The van der Waals surface area contributed by atoms with Gasteiger partial charge in [-0.1, -0.05) is 30.3 Å². The van der Waals surface area contributed by atoms with Crippen molar-refractivity contribution in [1.82, 2.24) is 0 Å². The summed E-state index contributed by atoms with van der Waals surface area (Å²) in [6.07, 6.45) is -0.0253. The van der Waals surface area contributed by atoms with Crippen molar-refractivity contribution in [3.63, 3.8) is 0 Å². The van der Waals surface area contributed by atoms with E-state index in [9.17, 15) is 18.0 Å². The van der Waals surface area contributed by atoms with E-state index >= 15 is 0 Å². The Morgan fingerprint density at radius 3 is 2.33 bits per heavy atom. The van der Waals surface area contributed by atoms with E-state index in [1.807, 2.05) is 6.07 Å². The number of carbonyl (C=O) groups excluding carboxylic acids is 1. The Morgan fingerprint density at radius 2 is 1.62 bits per heavy atom. The number of rotatable bonds is 2. The predicted octanol–water partition coefficient (Wildman–Crippen LogP) is 3.24. The monoisotopic (exact) mass is 290 g/mol. The number of hydrogen-bond acceptors (Lipinski definition) is 2. The number of hydrazone groups is 1. The third-order valence-electron chi connectivity index (χ3n) is 3.10. The standard InChI is InChI=1S/C15H9F3N2O/c16-10-6-12(18)14(7-11(10)17)20-15(21)8-13(19-20)9-4-2-1-3-5-9/h1-7H,8H2. The highest BCUT2D eigenvalue weighted by Gasteiger charge is 2.29. The minimum Gasteiger partial charge on any atom is -0.272 e. The summed E-state index contributed by atoms with van der Waals surface area (Å²) in [4.78, 5) is 11.9. The summed E-state index contributed by atoms with van der Waals surface area (Å²) in [5.41, 5.74) is 0.769. The van der Waals surface area contributed by atoms with Crippen molar-refractivity contribution in [2.24, 2.45) is 5.10 Å². The van der Waals surface area contributed by atoms with E-state index in [-0.39, 0.29) is 6.42 Å². The Balaban J connectivity index is 2.02. The highest BCUT2D eigenvalue weighted by molar-refractivity contribution is 6.19. The van der Waals surface area contributed by atoms with E-state index in [0.29, 0.717) is 17.8 Å². The third-order valence-corrected chi connectivity index (χ3v) is 3.10. The number of nitrogens with zero attached hydrogens (tertiary/aromatic N) is 2. The van der Waals surface area contributed by atoms with Gasteiger partial charge in [0.25, 0.3) is 5.91 Å². The summed E-state index contributed by atoms with van der Waals surface area (Å²) >= 11 is 0. The number of halogens is 3. The van der Waals surface area contributed by atoms with Crippen LogP contribution in [0.1, 0.15) is 12.0 Å². The first-order chi connectivity index (χ1) is 10.1. The third kappa shape index (κ3) is 2.40. The number of amides is 1. The maximum absolute atomic E-state index is 13.7. The van der Waals surface area contributed by atoms with Gasteiger partial charge < -0.3 is 0 Å². The van der Waals surface area contributed by atoms with Gasteiger partial charge in [-0.3, -0.25) is 4.79 Å². The van der Waals surface area contributed by atoms with Gasteiger partial charge in [-0.2, -0.15) is 10.1 Å². The lowest BCUT2D eigenvalue weighted by atomic mass is 10.1. The van der Waals surface area contributed by atoms with Crippen LogP contribution in [0.5, 0.6) is 0 Å². The lowest BCUT2D eigenvalue weighted by Gasteiger charge is -2.12. The van der Waals surface area contributed by atoms with Crippen LogP contribution in [0.3, 0.4) is 0 Å². The second-order valence-electron chi connectivity index (χ2n) is 4.51. The fourth-order valence-electron chi connectivity index (χ4n) is 2.08. The van der Waals surface area contributed by atoms with Crippen molar-refractivity contribution in [3.8, 4) is 0 Å². The van der Waals surface area contributed by atoms with Crippen LogP contribution in [0.2, 0.25) is 0 Å². The molecular weight excluding hydrogens is 281 g/mol. The summed E-state index contributed by atoms with van der Waals surface area (Å²) < 4.78 is 39.9. The fourth-order valence-corrected chi connectivity index (χ4v) is 2.08. The molecule has 1 amide bonds. The van der Waals surface area contributed by atoms with Crippen molar-refractivity contribution in [3.05, 3.63) is 65.5 Å². The van der Waals surface area contributed by atoms with Crippen molar-refractivity contribution >= 4 is 17.3 Å². The first-order valence-corrected chi connectivity index (χ1v) is 6.16. The summed E-state index contributed by atoms with van der Waals surface area (Å²) in [5.74, 6) is -4.09. The molecule has 0 bridgehead atoms. The van der Waals surface area contributed by atoms with Crippen molar-refractivity contribution < 1.29 is 18.0 Å². The molecule has 1 aliphatic heterocycles. The molecule has 0 unspecified atom stereocenters. The van der Waals surface area contributed by atoms with Crippen LogP contribution in [0.15, 0.2) is 47.6 Å². The number of carbonyl (C=O) groups is 1. The van der Waals surface area contributed by atoms with Gasteiger partial charge in [-0.05, 0) is 5.56 Å². The molecule has 3 nitrogen and oxygen atoms in total. The van der Waals surface area contributed by atoms with E-state index in [1.165, 1.54) is 0 Å². The molecule has 0 N–H and O–H groups in total. The van der Waals surface area contributed by atoms with Crippen LogP contribution in [-0.2, 0) is 4.79 Å². The Labute approximate surface area is 118 Å². The molecule has 0 fully saturated rings. The Kier molecular flexibility index (Phi) is 3.21. The van der Waals surface area contributed by atoms with Crippen LogP contribution in [0.25, 0.3) is 0 Å². The highest BCUT2D eigenvalue weighted by Crippen LogP contribution is 2.27. The molecule has 1 aliphatic rings. The lowest BCUT2D eigenvalue weighted by Crippen LogP contribution is -2.21. The van der Waals surface area contributed by atoms with E-state index in [1.54, 1.807) is 24.3 Å². The molecule has 106 valence electrons. The Morgan fingerprint density at radius 1 is 0.952 bits per heavy atom. The van der Waals surface area contributed by atoms with E-state index in [4.69, 9.17) is 0 Å².